The van der Waals surface area contributed by atoms with Gasteiger partial charge < -0.3 is 5.32 Å². The van der Waals surface area contributed by atoms with Crippen LogP contribution in [0.2, 0.25) is 0 Å². The lowest BCUT2D eigenvalue weighted by molar-refractivity contribution is -0.113. The molecule has 0 radical (unpaired) electrons. The minimum Gasteiger partial charge on any atom is -0.325 e. The van der Waals surface area contributed by atoms with E-state index >= 15 is 0 Å². The number of pyridine rings is 1. The lowest BCUT2D eigenvalue weighted by Crippen LogP contribution is -2.15. The fourth-order valence-electron chi connectivity index (χ4n) is 3.23. The minimum atomic E-state index is -0.140. The second-order valence-electron chi connectivity index (χ2n) is 6.90. The summed E-state index contributed by atoms with van der Waals surface area (Å²) in [4.78, 5) is 17.3. The standard InChI is InChI=1S/C25H19N3OS/c1-17-11-12-19-14-20(15-26)25(28-23(19)13-17)30-16-24(29)27-22-10-6-5-9-21(22)18-7-3-2-4-8-18/h2-14H,16H2,1H3,(H,27,29). The highest BCUT2D eigenvalue weighted by molar-refractivity contribution is 8.00. The van der Waals surface area contributed by atoms with Crippen LogP contribution < -0.4 is 5.32 Å². The van der Waals surface area contributed by atoms with E-state index in [1.165, 1.54) is 11.8 Å². The number of nitrogens with one attached hydrogen (secondary N) is 1. The van der Waals surface area contributed by atoms with Crippen molar-refractivity contribution in [1.29, 1.82) is 5.26 Å². The van der Waals surface area contributed by atoms with E-state index in [0.717, 1.165) is 33.3 Å². The molecule has 0 saturated heterocycles. The number of carbonyl (C=O) groups excluding carboxylic acids is 1. The van der Waals surface area contributed by atoms with Crippen LogP contribution in [0.4, 0.5) is 5.69 Å². The summed E-state index contributed by atoms with van der Waals surface area (Å²) >= 11 is 1.28. The van der Waals surface area contributed by atoms with Crippen LogP contribution >= 0.6 is 11.8 Å². The molecule has 0 aliphatic rings. The number of rotatable bonds is 5. The Kier molecular flexibility index (Phi) is 5.78. The highest BCUT2D eigenvalue weighted by Gasteiger charge is 2.12. The van der Waals surface area contributed by atoms with Gasteiger partial charge in [0.1, 0.15) is 11.1 Å². The first-order valence-electron chi connectivity index (χ1n) is 9.52. The van der Waals surface area contributed by atoms with E-state index in [0.29, 0.717) is 10.6 Å². The second kappa shape index (κ2) is 8.81. The molecule has 3 aromatic carbocycles. The van der Waals surface area contributed by atoms with Crippen molar-refractivity contribution in [3.63, 3.8) is 0 Å². The first-order valence-corrected chi connectivity index (χ1v) is 10.5. The monoisotopic (exact) mass is 409 g/mol. The summed E-state index contributed by atoms with van der Waals surface area (Å²) in [6, 6.07) is 27.6. The number of aryl methyl sites for hydroxylation is 1. The maximum absolute atomic E-state index is 12.6. The van der Waals surface area contributed by atoms with Gasteiger partial charge in [0.2, 0.25) is 5.91 Å². The molecule has 5 heteroatoms. The fourth-order valence-corrected chi connectivity index (χ4v) is 3.99. The zero-order chi connectivity index (χ0) is 20.9. The van der Waals surface area contributed by atoms with Crippen molar-refractivity contribution in [2.45, 2.75) is 11.9 Å². The van der Waals surface area contributed by atoms with Crippen LogP contribution in [0.25, 0.3) is 22.0 Å². The Morgan fingerprint density at radius 1 is 1.03 bits per heavy atom. The van der Waals surface area contributed by atoms with Crippen molar-refractivity contribution in [2.75, 3.05) is 11.1 Å². The molecule has 30 heavy (non-hydrogen) atoms. The Hall–Kier alpha value is -3.62. The third-order valence-electron chi connectivity index (χ3n) is 4.68. The lowest BCUT2D eigenvalue weighted by atomic mass is 10.0. The number of benzene rings is 3. The van der Waals surface area contributed by atoms with E-state index in [2.05, 4.69) is 16.4 Å². The van der Waals surface area contributed by atoms with E-state index in [1.807, 2.05) is 85.8 Å². The van der Waals surface area contributed by atoms with Gasteiger partial charge in [-0.2, -0.15) is 5.26 Å². The molecule has 0 aliphatic heterocycles. The molecule has 146 valence electrons. The van der Waals surface area contributed by atoms with Gasteiger partial charge in [-0.1, -0.05) is 72.4 Å². The van der Waals surface area contributed by atoms with E-state index < -0.39 is 0 Å². The first-order chi connectivity index (χ1) is 14.6. The van der Waals surface area contributed by atoms with Crippen LogP contribution in [-0.4, -0.2) is 16.6 Å². The van der Waals surface area contributed by atoms with Crippen molar-refractivity contribution >= 4 is 34.3 Å². The Labute approximate surface area is 179 Å². The predicted molar refractivity (Wildman–Crippen MR) is 122 cm³/mol. The maximum atomic E-state index is 12.6. The number of carbonyl (C=O) groups is 1. The second-order valence-corrected chi connectivity index (χ2v) is 7.86. The molecular formula is C25H19N3OS. The summed E-state index contributed by atoms with van der Waals surface area (Å²) in [5.74, 6) is 0.0284. The molecule has 0 fully saturated rings. The highest BCUT2D eigenvalue weighted by Crippen LogP contribution is 2.29. The number of thioether (sulfide) groups is 1. The van der Waals surface area contributed by atoms with Crippen LogP contribution in [0.3, 0.4) is 0 Å². The summed E-state index contributed by atoms with van der Waals surface area (Å²) < 4.78 is 0. The lowest BCUT2D eigenvalue weighted by Gasteiger charge is -2.11. The maximum Gasteiger partial charge on any atom is 0.234 e. The van der Waals surface area contributed by atoms with Crippen molar-refractivity contribution < 1.29 is 4.79 Å². The summed E-state index contributed by atoms with van der Waals surface area (Å²) in [6.07, 6.45) is 0. The van der Waals surface area contributed by atoms with Crippen LogP contribution in [0.1, 0.15) is 11.1 Å². The summed E-state index contributed by atoms with van der Waals surface area (Å²) in [5.41, 5.74) is 5.18. The molecule has 1 heterocycles. The van der Waals surface area contributed by atoms with Crippen molar-refractivity contribution in [3.05, 3.63) is 90.0 Å². The zero-order valence-electron chi connectivity index (χ0n) is 16.4. The average Bonchev–Trinajstić information content (AvgIpc) is 2.78. The molecule has 0 atom stereocenters. The normalized spacial score (nSPS) is 10.5. The van der Waals surface area contributed by atoms with Crippen LogP contribution in [0.15, 0.2) is 83.9 Å². The van der Waals surface area contributed by atoms with Crippen LogP contribution in [-0.2, 0) is 4.79 Å². The molecule has 0 saturated carbocycles. The Bertz CT molecular complexity index is 1260. The molecule has 4 rings (SSSR count). The zero-order valence-corrected chi connectivity index (χ0v) is 17.2. The van der Waals surface area contributed by atoms with Crippen LogP contribution in [0, 0.1) is 18.3 Å². The van der Waals surface area contributed by atoms with Crippen molar-refractivity contribution in [3.8, 4) is 17.2 Å². The third-order valence-corrected chi connectivity index (χ3v) is 5.68. The van der Waals surface area contributed by atoms with Gasteiger partial charge in [-0.05, 0) is 36.2 Å². The summed E-state index contributed by atoms with van der Waals surface area (Å²) in [6.45, 7) is 2.00. The Morgan fingerprint density at radius 2 is 1.80 bits per heavy atom. The van der Waals surface area contributed by atoms with Gasteiger partial charge >= 0.3 is 0 Å². The predicted octanol–water partition coefficient (Wildman–Crippen LogP) is 5.81. The van der Waals surface area contributed by atoms with Gasteiger partial charge in [-0.25, -0.2) is 4.98 Å². The number of para-hydroxylation sites is 1. The molecule has 4 nitrogen and oxygen atoms in total. The number of nitrogens with zero attached hydrogens (tertiary/aromatic N) is 2. The van der Waals surface area contributed by atoms with Crippen LogP contribution in [0.5, 0.6) is 0 Å². The van der Waals surface area contributed by atoms with Gasteiger partial charge in [0.25, 0.3) is 0 Å². The van der Waals surface area contributed by atoms with Gasteiger partial charge in [-0.15, -0.1) is 0 Å². The number of amides is 1. The summed E-state index contributed by atoms with van der Waals surface area (Å²) in [5, 5.41) is 14.0. The molecule has 1 N–H and O–H groups in total. The molecule has 0 spiro atoms. The number of aromatic nitrogens is 1. The number of hydrogen-bond acceptors (Lipinski definition) is 4. The fraction of sp³-hybridized carbons (Fsp3) is 0.0800. The molecule has 1 aromatic heterocycles. The molecule has 1 amide bonds. The number of anilines is 1. The van der Waals surface area contributed by atoms with Gasteiger partial charge in [0.05, 0.1) is 16.8 Å². The number of nitriles is 1. The number of hydrogen-bond donors (Lipinski definition) is 1. The minimum absolute atomic E-state index is 0.140. The van der Waals surface area contributed by atoms with E-state index in [1.54, 1.807) is 0 Å². The van der Waals surface area contributed by atoms with Gasteiger partial charge in [-0.3, -0.25) is 4.79 Å². The van der Waals surface area contributed by atoms with Crippen molar-refractivity contribution in [1.82, 2.24) is 4.98 Å². The number of fused-ring (bicyclic) bond motifs is 1. The SMILES string of the molecule is Cc1ccc2cc(C#N)c(SCC(=O)Nc3ccccc3-c3ccccc3)nc2c1. The van der Waals surface area contributed by atoms with Gasteiger partial charge in [0, 0.05) is 16.6 Å². The van der Waals surface area contributed by atoms with Gasteiger partial charge in [0.15, 0.2) is 0 Å². The quantitative estimate of drug-likeness (QED) is 0.422. The molecule has 0 aliphatic carbocycles. The third kappa shape index (κ3) is 4.35. The van der Waals surface area contributed by atoms with E-state index in [9.17, 15) is 10.1 Å². The molecule has 4 aromatic rings. The Morgan fingerprint density at radius 3 is 2.60 bits per heavy atom. The molecule has 0 bridgehead atoms. The molecule has 0 unspecified atom stereocenters. The van der Waals surface area contributed by atoms with E-state index in [4.69, 9.17) is 0 Å². The Balaban J connectivity index is 1.52. The highest BCUT2D eigenvalue weighted by atomic mass is 32.2. The topological polar surface area (TPSA) is 65.8 Å². The average molecular weight is 410 g/mol. The summed E-state index contributed by atoms with van der Waals surface area (Å²) in [7, 11) is 0. The molecular weight excluding hydrogens is 390 g/mol. The smallest absolute Gasteiger partial charge is 0.234 e. The van der Waals surface area contributed by atoms with E-state index in [-0.39, 0.29) is 11.7 Å². The largest absolute Gasteiger partial charge is 0.325 e. The first kappa shape index (κ1) is 19.7. The van der Waals surface area contributed by atoms with Crippen molar-refractivity contribution in [2.24, 2.45) is 0 Å².